The highest BCUT2D eigenvalue weighted by atomic mass is 16.3. The Bertz CT molecular complexity index is 848. The van der Waals surface area contributed by atoms with E-state index in [1.807, 2.05) is 12.1 Å². The quantitative estimate of drug-likeness (QED) is 0.709. The number of fused-ring (bicyclic) bond motifs is 2. The van der Waals surface area contributed by atoms with Crippen molar-refractivity contribution in [2.45, 2.75) is 0 Å². The van der Waals surface area contributed by atoms with E-state index in [1.54, 1.807) is 30.3 Å². The van der Waals surface area contributed by atoms with Crippen LogP contribution in [0.15, 0.2) is 42.5 Å². The topological polar surface area (TPSA) is 66.4 Å². The highest BCUT2D eigenvalue weighted by Crippen LogP contribution is 2.37. The lowest BCUT2D eigenvalue weighted by Gasteiger charge is -2.42. The van der Waals surface area contributed by atoms with Crippen LogP contribution in [0.1, 0.15) is 31.8 Å². The molecule has 0 radical (unpaired) electrons. The maximum absolute atomic E-state index is 13.2. The lowest BCUT2D eigenvalue weighted by Crippen LogP contribution is -2.61. The number of ketones is 2. The molecule has 1 aliphatic carbocycles. The first-order valence-electron chi connectivity index (χ1n) is 8.68. The Morgan fingerprint density at radius 3 is 2.20 bits per heavy atom. The molecule has 2 aliphatic rings. The van der Waals surface area contributed by atoms with E-state index in [0.29, 0.717) is 33.3 Å². The van der Waals surface area contributed by atoms with E-state index in [-0.39, 0.29) is 18.2 Å². The second-order valence-corrected chi connectivity index (χ2v) is 6.69. The standard InChI is InChI=1S/C20H21N2O3/c23-13-12-22(10-8-21-9-11-22)17-7-3-6-16-18(17)20(25)15-5-2-1-4-14(15)19(16)24/h1-7,21,23H,8-13H2/q+1. The number of aliphatic hydroxyl groups is 1. The van der Waals surface area contributed by atoms with Crippen molar-refractivity contribution >= 4 is 17.3 Å². The molecular weight excluding hydrogens is 316 g/mol. The molecule has 0 atom stereocenters. The fourth-order valence-corrected chi connectivity index (χ4v) is 4.12. The van der Waals surface area contributed by atoms with E-state index >= 15 is 0 Å². The van der Waals surface area contributed by atoms with E-state index in [1.165, 1.54) is 0 Å². The van der Waals surface area contributed by atoms with Crippen LogP contribution in [0.25, 0.3) is 0 Å². The molecule has 5 nitrogen and oxygen atoms in total. The van der Waals surface area contributed by atoms with Gasteiger partial charge in [-0.05, 0) is 12.1 Å². The third-order valence-electron chi connectivity index (χ3n) is 5.40. The van der Waals surface area contributed by atoms with Crippen LogP contribution in [0, 0.1) is 0 Å². The minimum atomic E-state index is -0.0932. The monoisotopic (exact) mass is 337 g/mol. The summed E-state index contributed by atoms with van der Waals surface area (Å²) in [5.41, 5.74) is 2.81. The fraction of sp³-hybridized carbons (Fsp3) is 0.300. The molecule has 4 rings (SSSR count). The van der Waals surface area contributed by atoms with Crippen molar-refractivity contribution in [3.05, 3.63) is 64.7 Å². The molecular formula is C20H21N2O3+. The molecule has 1 aliphatic heterocycles. The van der Waals surface area contributed by atoms with Crippen molar-refractivity contribution in [3.8, 4) is 0 Å². The maximum atomic E-state index is 13.2. The minimum absolute atomic E-state index is 0.0440. The summed E-state index contributed by atoms with van der Waals surface area (Å²) in [5.74, 6) is -0.181. The molecule has 0 spiro atoms. The van der Waals surface area contributed by atoms with Gasteiger partial charge in [0.25, 0.3) is 0 Å². The molecule has 2 aromatic rings. The second-order valence-electron chi connectivity index (χ2n) is 6.69. The van der Waals surface area contributed by atoms with Crippen LogP contribution in [-0.2, 0) is 0 Å². The number of rotatable bonds is 3. The summed E-state index contributed by atoms with van der Waals surface area (Å²) in [7, 11) is 0. The van der Waals surface area contributed by atoms with E-state index in [4.69, 9.17) is 0 Å². The molecule has 1 saturated heterocycles. The average Bonchev–Trinajstić information content (AvgIpc) is 2.66. The van der Waals surface area contributed by atoms with Gasteiger partial charge in [-0.2, -0.15) is 0 Å². The Balaban J connectivity index is 1.93. The normalized spacial score (nSPS) is 18.6. The van der Waals surface area contributed by atoms with Gasteiger partial charge in [-0.1, -0.05) is 30.3 Å². The van der Waals surface area contributed by atoms with Crippen LogP contribution in [0.3, 0.4) is 0 Å². The number of nitrogens with one attached hydrogen (secondary N) is 1. The van der Waals surface area contributed by atoms with Crippen LogP contribution in [0.5, 0.6) is 0 Å². The Morgan fingerprint density at radius 1 is 0.880 bits per heavy atom. The second kappa shape index (κ2) is 6.19. The Morgan fingerprint density at radius 2 is 1.52 bits per heavy atom. The highest BCUT2D eigenvalue weighted by Gasteiger charge is 2.40. The first-order chi connectivity index (χ1) is 12.2. The van der Waals surface area contributed by atoms with Gasteiger partial charge >= 0.3 is 0 Å². The molecule has 0 unspecified atom stereocenters. The fourth-order valence-electron chi connectivity index (χ4n) is 4.12. The molecule has 5 heteroatoms. The van der Waals surface area contributed by atoms with Crippen molar-refractivity contribution in [2.24, 2.45) is 0 Å². The number of aliphatic hydroxyl groups excluding tert-OH is 1. The lowest BCUT2D eigenvalue weighted by molar-refractivity contribution is 0.0975. The van der Waals surface area contributed by atoms with Gasteiger partial charge in [0.15, 0.2) is 5.78 Å². The van der Waals surface area contributed by atoms with Crippen LogP contribution >= 0.6 is 0 Å². The zero-order valence-corrected chi connectivity index (χ0v) is 14.0. The van der Waals surface area contributed by atoms with Crippen molar-refractivity contribution in [1.29, 1.82) is 0 Å². The highest BCUT2D eigenvalue weighted by molar-refractivity contribution is 6.30. The van der Waals surface area contributed by atoms with Crippen LogP contribution in [0.4, 0.5) is 5.69 Å². The number of piperazine rings is 1. The van der Waals surface area contributed by atoms with E-state index in [2.05, 4.69) is 5.32 Å². The number of hydrogen-bond donors (Lipinski definition) is 2. The summed E-state index contributed by atoms with van der Waals surface area (Å²) in [6.45, 7) is 3.81. The lowest BCUT2D eigenvalue weighted by atomic mass is 9.82. The van der Waals surface area contributed by atoms with Gasteiger partial charge in [0, 0.05) is 29.8 Å². The van der Waals surface area contributed by atoms with Crippen molar-refractivity contribution in [3.63, 3.8) is 0 Å². The first kappa shape index (κ1) is 16.1. The summed E-state index contributed by atoms with van der Waals surface area (Å²) < 4.78 is 0.536. The number of carbonyl (C=O) groups excluding carboxylic acids is 2. The Hall–Kier alpha value is -2.34. The Labute approximate surface area is 146 Å². The van der Waals surface area contributed by atoms with Crippen LogP contribution < -0.4 is 9.80 Å². The molecule has 0 aromatic heterocycles. The molecule has 2 aromatic carbocycles. The molecule has 1 fully saturated rings. The SMILES string of the molecule is O=C1c2ccccc2C(=O)c2c1cccc2[N+]1(CCO)CCNCC1. The van der Waals surface area contributed by atoms with Gasteiger partial charge in [-0.3, -0.25) is 14.1 Å². The predicted molar refractivity (Wildman–Crippen MR) is 96.1 cm³/mol. The van der Waals surface area contributed by atoms with Gasteiger partial charge in [-0.15, -0.1) is 0 Å². The van der Waals surface area contributed by atoms with Gasteiger partial charge in [0.2, 0.25) is 5.78 Å². The molecule has 128 valence electrons. The summed E-state index contributed by atoms with van der Waals surface area (Å²) in [6, 6.07) is 12.6. The zero-order valence-electron chi connectivity index (χ0n) is 14.0. The number of quaternary nitrogens is 1. The van der Waals surface area contributed by atoms with Crippen molar-refractivity contribution in [2.75, 3.05) is 39.3 Å². The summed E-state index contributed by atoms with van der Waals surface area (Å²) in [5, 5.41) is 13.0. The van der Waals surface area contributed by atoms with Gasteiger partial charge in [0.1, 0.15) is 12.2 Å². The smallest absolute Gasteiger partial charge is 0.200 e. The average molecular weight is 337 g/mol. The predicted octanol–water partition coefficient (Wildman–Crippen LogP) is 1.36. The number of benzene rings is 2. The molecule has 25 heavy (non-hydrogen) atoms. The summed E-state index contributed by atoms with van der Waals surface area (Å²) >= 11 is 0. The molecule has 1 heterocycles. The van der Waals surface area contributed by atoms with Gasteiger partial charge in [0.05, 0.1) is 25.3 Å². The van der Waals surface area contributed by atoms with Gasteiger partial charge < -0.3 is 10.4 Å². The Kier molecular flexibility index (Phi) is 4.00. The van der Waals surface area contributed by atoms with E-state index in [9.17, 15) is 14.7 Å². The number of nitrogens with zero attached hydrogens (tertiary/aromatic N) is 1. The third-order valence-corrected chi connectivity index (χ3v) is 5.40. The third kappa shape index (κ3) is 2.43. The van der Waals surface area contributed by atoms with E-state index < -0.39 is 0 Å². The number of carbonyl (C=O) groups is 2. The molecule has 0 bridgehead atoms. The largest absolute Gasteiger partial charge is 0.390 e. The summed E-state index contributed by atoms with van der Waals surface area (Å²) in [4.78, 5) is 26.2. The van der Waals surface area contributed by atoms with Crippen LogP contribution in [0.2, 0.25) is 0 Å². The zero-order chi connectivity index (χ0) is 17.4. The first-order valence-corrected chi connectivity index (χ1v) is 8.68. The van der Waals surface area contributed by atoms with Crippen molar-refractivity contribution < 1.29 is 14.7 Å². The number of hydrogen-bond acceptors (Lipinski definition) is 4. The van der Waals surface area contributed by atoms with Gasteiger partial charge in [-0.25, -0.2) is 0 Å². The van der Waals surface area contributed by atoms with Crippen molar-refractivity contribution in [1.82, 2.24) is 9.80 Å². The minimum Gasteiger partial charge on any atom is -0.390 e. The van der Waals surface area contributed by atoms with Crippen LogP contribution in [-0.4, -0.2) is 56.0 Å². The summed E-state index contributed by atoms with van der Waals surface area (Å²) in [6.07, 6.45) is 0. The molecule has 2 N–H and O–H groups in total. The molecule has 0 saturated carbocycles. The van der Waals surface area contributed by atoms with E-state index in [0.717, 1.165) is 31.9 Å². The maximum Gasteiger partial charge on any atom is 0.200 e. The molecule has 0 amide bonds.